The number of nitrogens with zero attached hydrogens (tertiary/aromatic N) is 4. The van der Waals surface area contributed by atoms with Gasteiger partial charge >= 0.3 is 0 Å². The highest BCUT2D eigenvalue weighted by atomic mass is 28.3. The average Bonchev–Trinajstić information content (AvgIpc) is 3.82. The zero-order valence-electron chi connectivity index (χ0n) is 30.7. The van der Waals surface area contributed by atoms with Crippen LogP contribution in [0.25, 0.3) is 0 Å². The van der Waals surface area contributed by atoms with E-state index in [9.17, 15) is 14.7 Å². The van der Waals surface area contributed by atoms with Gasteiger partial charge in [0.25, 0.3) is 11.8 Å². The lowest BCUT2D eigenvalue weighted by molar-refractivity contribution is -0.145. The van der Waals surface area contributed by atoms with Crippen LogP contribution in [0.2, 0.25) is 18.6 Å². The molecule has 2 amide bonds. The van der Waals surface area contributed by atoms with Gasteiger partial charge in [0.2, 0.25) is 0 Å². The number of aliphatic hydroxyl groups is 1. The summed E-state index contributed by atoms with van der Waals surface area (Å²) in [5, 5.41) is 23.4. The standard InChI is InChI=1S/C41H46N6O5Si/c1-26-38(53(4,5)32-18-16-31(51-3)17-19-32)37(21-22-47-24-35(44-45-47)33(25-48)27-9-7-6-8-10-27)52-41(26)34-23-30(15-20-36(34)46(2)40(41)50)43-39(49)28-11-13-29(42)14-12-28/h6-20,23-24,26,33,37-38,48H,21-22,25,42H2,1-5H3,(H,43,49)/t26-,33?,37+,38-,41+/m0/s1. The van der Waals surface area contributed by atoms with Crippen molar-refractivity contribution in [2.24, 2.45) is 5.92 Å². The van der Waals surface area contributed by atoms with Gasteiger partial charge in [-0.3, -0.25) is 14.3 Å². The van der Waals surface area contributed by atoms with E-state index >= 15 is 0 Å². The van der Waals surface area contributed by atoms with Crippen LogP contribution in [0.5, 0.6) is 5.75 Å². The second-order valence-electron chi connectivity index (χ2n) is 14.7. The Balaban J connectivity index is 1.23. The third-order valence-electron chi connectivity index (χ3n) is 11.3. The maximum atomic E-state index is 14.6. The van der Waals surface area contributed by atoms with Crippen molar-refractivity contribution >= 4 is 42.1 Å². The van der Waals surface area contributed by atoms with Gasteiger partial charge in [-0.05, 0) is 72.1 Å². The molecule has 3 heterocycles. The molecule has 1 aromatic heterocycles. The Kier molecular flexibility index (Phi) is 9.70. The van der Waals surface area contributed by atoms with Crippen LogP contribution in [-0.2, 0) is 21.7 Å². The molecule has 4 N–H and O–H groups in total. The summed E-state index contributed by atoms with van der Waals surface area (Å²) in [6.07, 6.45) is 2.17. The van der Waals surface area contributed by atoms with Gasteiger partial charge in [0, 0.05) is 48.2 Å². The Labute approximate surface area is 310 Å². The number of nitrogens with one attached hydrogen (secondary N) is 1. The van der Waals surface area contributed by atoms with Crippen molar-refractivity contribution in [3.05, 3.63) is 126 Å². The van der Waals surface area contributed by atoms with Gasteiger partial charge < -0.3 is 30.5 Å². The topological polar surface area (TPSA) is 145 Å². The van der Waals surface area contributed by atoms with Gasteiger partial charge in [-0.15, -0.1) is 5.10 Å². The van der Waals surface area contributed by atoms with Crippen LogP contribution in [0.15, 0.2) is 103 Å². The zero-order chi connectivity index (χ0) is 37.5. The monoisotopic (exact) mass is 730 g/mol. The first-order valence-corrected chi connectivity index (χ1v) is 21.0. The first kappa shape index (κ1) is 36.1. The Morgan fingerprint density at radius 2 is 1.77 bits per heavy atom. The Morgan fingerprint density at radius 3 is 2.45 bits per heavy atom. The van der Waals surface area contributed by atoms with Crippen LogP contribution < -0.4 is 25.9 Å². The molecule has 274 valence electrons. The molecule has 4 aromatic carbocycles. The number of fused-ring (bicyclic) bond motifs is 2. The van der Waals surface area contributed by atoms with Gasteiger partial charge in [-0.1, -0.05) is 72.9 Å². The summed E-state index contributed by atoms with van der Waals surface area (Å²) in [4.78, 5) is 29.5. The number of anilines is 3. The van der Waals surface area contributed by atoms with E-state index in [1.807, 2.05) is 66.9 Å². The fourth-order valence-corrected chi connectivity index (χ4v) is 12.6. The van der Waals surface area contributed by atoms with E-state index in [1.165, 1.54) is 5.19 Å². The van der Waals surface area contributed by atoms with Crippen molar-refractivity contribution < 1.29 is 24.2 Å². The van der Waals surface area contributed by atoms with Crippen LogP contribution >= 0.6 is 0 Å². The van der Waals surface area contributed by atoms with Crippen LogP contribution in [0.4, 0.5) is 17.1 Å². The van der Waals surface area contributed by atoms with Crippen molar-refractivity contribution in [2.45, 2.75) is 56.1 Å². The van der Waals surface area contributed by atoms with Crippen molar-refractivity contribution in [2.75, 3.05) is 36.7 Å². The molecular weight excluding hydrogens is 685 g/mol. The van der Waals surface area contributed by atoms with E-state index < -0.39 is 13.7 Å². The second-order valence-corrected chi connectivity index (χ2v) is 19.4. The Hall–Kier alpha value is -5.30. The van der Waals surface area contributed by atoms with E-state index in [4.69, 9.17) is 15.2 Å². The molecule has 53 heavy (non-hydrogen) atoms. The second kappa shape index (κ2) is 14.3. The summed E-state index contributed by atoms with van der Waals surface area (Å²) in [6, 6.07) is 30.4. The molecule has 0 saturated carbocycles. The minimum absolute atomic E-state index is 0.0183. The number of aryl methyl sites for hydroxylation is 1. The van der Waals surface area contributed by atoms with E-state index in [0.29, 0.717) is 35.6 Å². The summed E-state index contributed by atoms with van der Waals surface area (Å²) in [7, 11) is 1.07. The molecule has 11 nitrogen and oxygen atoms in total. The highest BCUT2D eigenvalue weighted by Gasteiger charge is 2.65. The van der Waals surface area contributed by atoms with Crippen LogP contribution in [0.3, 0.4) is 0 Å². The Bertz CT molecular complexity index is 2110. The van der Waals surface area contributed by atoms with Crippen LogP contribution in [0, 0.1) is 5.92 Å². The summed E-state index contributed by atoms with van der Waals surface area (Å²) >= 11 is 0. The number of methoxy groups -OCH3 is 1. The Morgan fingerprint density at radius 1 is 1.06 bits per heavy atom. The number of carbonyl (C=O) groups excluding carboxylic acids is 2. The van der Waals surface area contributed by atoms with E-state index in [2.05, 4.69) is 47.8 Å². The van der Waals surface area contributed by atoms with E-state index in [1.54, 1.807) is 48.0 Å². The quantitative estimate of drug-likeness (QED) is 0.119. The largest absolute Gasteiger partial charge is 0.497 e. The van der Waals surface area contributed by atoms with Crippen LogP contribution in [0.1, 0.15) is 46.4 Å². The maximum Gasteiger partial charge on any atom is 0.264 e. The van der Waals surface area contributed by atoms with Gasteiger partial charge in [0.15, 0.2) is 5.60 Å². The summed E-state index contributed by atoms with van der Waals surface area (Å²) in [6.45, 7) is 7.25. The van der Waals surface area contributed by atoms with Crippen molar-refractivity contribution in [1.29, 1.82) is 0 Å². The lowest BCUT2D eigenvalue weighted by Crippen LogP contribution is -2.51. The summed E-state index contributed by atoms with van der Waals surface area (Å²) < 4.78 is 14.5. The van der Waals surface area contributed by atoms with Crippen LogP contribution in [-0.4, -0.2) is 66.9 Å². The van der Waals surface area contributed by atoms with Crippen molar-refractivity contribution in [3.8, 4) is 5.75 Å². The number of carbonyl (C=O) groups is 2. The highest BCUT2D eigenvalue weighted by molar-refractivity contribution is 6.91. The van der Waals surface area contributed by atoms with Gasteiger partial charge in [-0.25, -0.2) is 0 Å². The highest BCUT2D eigenvalue weighted by Crippen LogP contribution is 2.60. The first-order valence-electron chi connectivity index (χ1n) is 18.0. The number of amides is 2. The number of rotatable bonds is 11. The molecule has 0 aliphatic carbocycles. The van der Waals surface area contributed by atoms with Gasteiger partial charge in [0.1, 0.15) is 5.75 Å². The molecule has 12 heteroatoms. The fourth-order valence-electron chi connectivity index (χ4n) is 8.50. The number of hydrogen-bond acceptors (Lipinski definition) is 8. The van der Waals surface area contributed by atoms with Gasteiger partial charge in [-0.2, -0.15) is 0 Å². The zero-order valence-corrected chi connectivity index (χ0v) is 31.7. The summed E-state index contributed by atoms with van der Waals surface area (Å²) in [5.41, 5.74) is 9.38. The predicted molar refractivity (Wildman–Crippen MR) is 208 cm³/mol. The normalized spacial score (nSPS) is 21.5. The van der Waals surface area contributed by atoms with Crippen molar-refractivity contribution in [3.63, 3.8) is 0 Å². The lowest BCUT2D eigenvalue weighted by Gasteiger charge is -2.37. The number of aromatic nitrogens is 3. The SMILES string of the molecule is COc1ccc([Si](C)(C)[C@@H]2[C@@H](CCn3cc(C(CO)c4ccccc4)nn3)O[C@]3(C(=O)N(C)c4ccc(NC(=O)c5ccc(N)cc5)cc43)[C@H]2C)cc1. The molecule has 1 unspecified atom stereocenters. The smallest absolute Gasteiger partial charge is 0.264 e. The molecule has 0 bridgehead atoms. The molecule has 7 rings (SSSR count). The lowest BCUT2D eigenvalue weighted by atomic mass is 9.82. The fraction of sp³-hybridized carbons (Fsp3) is 0.317. The number of nitrogens with two attached hydrogens (primary N) is 1. The predicted octanol–water partition coefficient (Wildman–Crippen LogP) is 5.53. The van der Waals surface area contributed by atoms with E-state index in [-0.39, 0.29) is 41.9 Å². The molecule has 5 aromatic rings. The molecule has 1 saturated heterocycles. The number of benzene rings is 4. The first-order chi connectivity index (χ1) is 25.5. The number of aliphatic hydroxyl groups excluding tert-OH is 1. The molecule has 1 spiro atoms. The number of nitrogen functional groups attached to an aromatic ring is 1. The minimum atomic E-state index is -2.37. The van der Waals surface area contributed by atoms with Gasteiger partial charge in [0.05, 0.1) is 45.2 Å². The molecule has 2 aliphatic heterocycles. The maximum absolute atomic E-state index is 14.6. The number of ether oxygens (including phenoxy) is 2. The van der Waals surface area contributed by atoms with E-state index in [0.717, 1.165) is 22.6 Å². The molecular formula is C41H46N6O5Si. The van der Waals surface area contributed by atoms with Crippen molar-refractivity contribution in [1.82, 2.24) is 15.0 Å². The minimum Gasteiger partial charge on any atom is -0.497 e. The average molecular weight is 731 g/mol. The third kappa shape index (κ3) is 6.40. The number of hydrogen-bond donors (Lipinski definition) is 3. The molecule has 1 fully saturated rings. The number of likely N-dealkylation sites (N-methyl/N-ethyl adjacent to an activating group) is 1. The molecule has 2 aliphatic rings. The third-order valence-corrected chi connectivity index (χ3v) is 15.7. The summed E-state index contributed by atoms with van der Waals surface area (Å²) in [5.74, 6) is -0.104. The molecule has 0 radical (unpaired) electrons. The molecule has 5 atom stereocenters.